The predicted octanol–water partition coefficient (Wildman–Crippen LogP) is 4.33. The van der Waals surface area contributed by atoms with Crippen molar-refractivity contribution in [2.45, 2.75) is 18.3 Å². The minimum absolute atomic E-state index is 0.0774. The number of benzene rings is 3. The number of carbonyl (C=O) groups excluding carboxylic acids is 2. The number of hydrogen-bond donors (Lipinski definition) is 0. The fourth-order valence-corrected chi connectivity index (χ4v) is 4.83. The maximum absolute atomic E-state index is 13.6. The summed E-state index contributed by atoms with van der Waals surface area (Å²) >= 11 is 0. The second kappa shape index (κ2) is 5.65. The third kappa shape index (κ3) is 2.08. The van der Waals surface area contributed by atoms with Crippen LogP contribution >= 0.6 is 0 Å². The number of imide groups is 1. The topological polar surface area (TPSA) is 37.4 Å². The molecule has 3 nitrogen and oxygen atoms in total. The zero-order valence-electron chi connectivity index (χ0n) is 14.8. The average Bonchev–Trinajstić information content (AvgIpc) is 3.33. The molecule has 3 heteroatoms. The molecular weight excluding hydrogens is 334 g/mol. The molecule has 2 amide bonds. The van der Waals surface area contributed by atoms with Gasteiger partial charge in [-0.25, -0.2) is 0 Å². The molecule has 0 bridgehead atoms. The van der Waals surface area contributed by atoms with Gasteiger partial charge in [0, 0.05) is 11.8 Å². The summed E-state index contributed by atoms with van der Waals surface area (Å²) in [6.45, 7) is 0. The largest absolute Gasteiger partial charge is 0.274 e. The molecular formula is C24H19NO2. The fourth-order valence-electron chi connectivity index (χ4n) is 4.83. The van der Waals surface area contributed by atoms with Gasteiger partial charge in [-0.1, -0.05) is 78.9 Å². The summed E-state index contributed by atoms with van der Waals surface area (Å²) in [7, 11) is 0. The Morgan fingerprint density at radius 2 is 1.15 bits per heavy atom. The zero-order valence-corrected chi connectivity index (χ0v) is 14.8. The Labute approximate surface area is 158 Å². The molecule has 3 aromatic rings. The third-order valence-electron chi connectivity index (χ3n) is 6.12. The summed E-state index contributed by atoms with van der Waals surface area (Å²) in [5.74, 6) is -0.189. The molecule has 1 saturated heterocycles. The highest BCUT2D eigenvalue weighted by atomic mass is 16.2. The van der Waals surface area contributed by atoms with Crippen molar-refractivity contribution in [3.8, 4) is 0 Å². The first-order valence-electron chi connectivity index (χ1n) is 9.23. The van der Waals surface area contributed by atoms with E-state index in [-0.39, 0.29) is 18.2 Å². The van der Waals surface area contributed by atoms with Gasteiger partial charge in [0.2, 0.25) is 11.8 Å². The SMILES string of the molecule is O=C1C[C@@]2(CC2(c2ccccc2)c2ccccc2)C(=O)N1c1ccccc1. The Kier molecular flexibility index (Phi) is 3.35. The average molecular weight is 353 g/mol. The van der Waals surface area contributed by atoms with Gasteiger partial charge in [0.05, 0.1) is 11.1 Å². The van der Waals surface area contributed by atoms with E-state index in [0.717, 1.165) is 11.1 Å². The minimum atomic E-state index is -0.692. The predicted molar refractivity (Wildman–Crippen MR) is 104 cm³/mol. The molecule has 0 N–H and O–H groups in total. The van der Waals surface area contributed by atoms with Gasteiger partial charge in [0.1, 0.15) is 0 Å². The maximum Gasteiger partial charge on any atom is 0.241 e. The third-order valence-corrected chi connectivity index (χ3v) is 6.12. The first kappa shape index (κ1) is 16.0. The van der Waals surface area contributed by atoms with Crippen LogP contribution in [-0.4, -0.2) is 11.8 Å². The Morgan fingerprint density at radius 3 is 1.67 bits per heavy atom. The summed E-state index contributed by atoms with van der Waals surface area (Å²) in [6.07, 6.45) is 0.923. The lowest BCUT2D eigenvalue weighted by molar-refractivity contribution is -0.123. The Bertz CT molecular complexity index is 975. The lowest BCUT2D eigenvalue weighted by Gasteiger charge is -2.23. The summed E-state index contributed by atoms with van der Waals surface area (Å²) in [4.78, 5) is 27.8. The van der Waals surface area contributed by atoms with Crippen molar-refractivity contribution in [1.82, 2.24) is 0 Å². The highest BCUT2D eigenvalue weighted by Gasteiger charge is 2.77. The smallest absolute Gasteiger partial charge is 0.241 e. The molecule has 0 aromatic heterocycles. The van der Waals surface area contributed by atoms with Crippen molar-refractivity contribution < 1.29 is 9.59 Å². The van der Waals surface area contributed by atoms with Gasteiger partial charge in [0.15, 0.2) is 0 Å². The van der Waals surface area contributed by atoms with Crippen LogP contribution in [-0.2, 0) is 15.0 Å². The number of para-hydroxylation sites is 1. The highest BCUT2D eigenvalue weighted by molar-refractivity contribution is 6.24. The minimum Gasteiger partial charge on any atom is -0.274 e. The molecule has 1 heterocycles. The van der Waals surface area contributed by atoms with Gasteiger partial charge in [-0.2, -0.15) is 0 Å². The number of carbonyl (C=O) groups is 2. The van der Waals surface area contributed by atoms with Crippen LogP contribution < -0.4 is 4.90 Å². The lowest BCUT2D eigenvalue weighted by atomic mass is 9.79. The van der Waals surface area contributed by atoms with Gasteiger partial charge >= 0.3 is 0 Å². The Morgan fingerprint density at radius 1 is 0.667 bits per heavy atom. The van der Waals surface area contributed by atoms with Crippen LogP contribution in [0, 0.1) is 5.41 Å². The van der Waals surface area contributed by atoms with E-state index < -0.39 is 10.8 Å². The number of amides is 2. The van der Waals surface area contributed by atoms with E-state index in [1.165, 1.54) is 4.90 Å². The molecule has 5 rings (SSSR count). The zero-order chi connectivity index (χ0) is 18.5. The number of nitrogens with zero attached hydrogens (tertiary/aromatic N) is 1. The lowest BCUT2D eigenvalue weighted by Crippen LogP contribution is -2.33. The molecule has 1 spiro atoms. The standard InChI is InChI=1S/C24H19NO2/c26-21-16-23(22(27)25(21)20-14-8-3-9-15-20)17-24(23,18-10-4-1-5-11-18)19-12-6-2-7-13-19/h1-15H,16-17H2/t23-/m1/s1. The van der Waals surface area contributed by atoms with Gasteiger partial charge in [-0.15, -0.1) is 0 Å². The van der Waals surface area contributed by atoms with Crippen LogP contribution in [0.1, 0.15) is 24.0 Å². The van der Waals surface area contributed by atoms with Gasteiger partial charge in [0.25, 0.3) is 0 Å². The second-order valence-electron chi connectivity index (χ2n) is 7.44. The molecule has 0 unspecified atom stereocenters. The van der Waals surface area contributed by atoms with Crippen molar-refractivity contribution in [1.29, 1.82) is 0 Å². The molecule has 1 atom stereocenters. The summed E-state index contributed by atoms with van der Waals surface area (Å²) in [6, 6.07) is 29.5. The Balaban J connectivity index is 1.65. The van der Waals surface area contributed by atoms with E-state index in [0.29, 0.717) is 12.1 Å². The molecule has 3 aromatic carbocycles. The van der Waals surface area contributed by atoms with Crippen molar-refractivity contribution >= 4 is 17.5 Å². The summed E-state index contributed by atoms with van der Waals surface area (Å²) in [5, 5.41) is 0. The van der Waals surface area contributed by atoms with Crippen LogP contribution in [0.25, 0.3) is 0 Å². The molecule has 1 aliphatic heterocycles. The molecule has 1 saturated carbocycles. The van der Waals surface area contributed by atoms with Crippen molar-refractivity contribution in [3.63, 3.8) is 0 Å². The summed E-state index contributed by atoms with van der Waals surface area (Å²) in [5.41, 5.74) is 1.74. The van der Waals surface area contributed by atoms with Gasteiger partial charge in [-0.05, 0) is 29.7 Å². The van der Waals surface area contributed by atoms with E-state index in [2.05, 4.69) is 24.3 Å². The van der Waals surface area contributed by atoms with Crippen LogP contribution in [0.4, 0.5) is 5.69 Å². The fraction of sp³-hybridized carbons (Fsp3) is 0.167. The molecule has 27 heavy (non-hydrogen) atoms. The molecule has 2 aliphatic rings. The monoisotopic (exact) mass is 353 g/mol. The van der Waals surface area contributed by atoms with Crippen molar-refractivity contribution in [2.24, 2.45) is 5.41 Å². The highest BCUT2D eigenvalue weighted by Crippen LogP contribution is 2.72. The van der Waals surface area contributed by atoms with Crippen LogP contribution in [0.3, 0.4) is 0 Å². The summed E-state index contributed by atoms with van der Waals surface area (Å²) < 4.78 is 0. The number of rotatable bonds is 3. The van der Waals surface area contributed by atoms with Crippen LogP contribution in [0.5, 0.6) is 0 Å². The van der Waals surface area contributed by atoms with Crippen molar-refractivity contribution in [2.75, 3.05) is 4.90 Å². The van der Waals surface area contributed by atoms with Gasteiger partial charge in [-0.3, -0.25) is 14.5 Å². The number of anilines is 1. The quantitative estimate of drug-likeness (QED) is 0.658. The van der Waals surface area contributed by atoms with Crippen LogP contribution in [0.15, 0.2) is 91.0 Å². The normalized spacial score (nSPS) is 23.0. The second-order valence-corrected chi connectivity index (χ2v) is 7.44. The van der Waals surface area contributed by atoms with E-state index >= 15 is 0 Å². The van der Waals surface area contributed by atoms with Crippen molar-refractivity contribution in [3.05, 3.63) is 102 Å². The molecule has 1 aliphatic carbocycles. The first-order valence-corrected chi connectivity index (χ1v) is 9.23. The van der Waals surface area contributed by atoms with E-state index in [1.807, 2.05) is 66.7 Å². The Hall–Kier alpha value is -3.20. The molecule has 0 radical (unpaired) electrons. The van der Waals surface area contributed by atoms with E-state index in [4.69, 9.17) is 0 Å². The van der Waals surface area contributed by atoms with E-state index in [9.17, 15) is 9.59 Å². The first-order chi connectivity index (χ1) is 13.2. The molecule has 2 fully saturated rings. The molecule has 132 valence electrons. The van der Waals surface area contributed by atoms with Gasteiger partial charge < -0.3 is 0 Å². The number of hydrogen-bond acceptors (Lipinski definition) is 2. The maximum atomic E-state index is 13.6. The van der Waals surface area contributed by atoms with Crippen LogP contribution in [0.2, 0.25) is 0 Å². The van der Waals surface area contributed by atoms with E-state index in [1.54, 1.807) is 0 Å².